The molecule has 13 heteroatoms. The maximum Gasteiger partial charge on any atom is 0.306 e. The van der Waals surface area contributed by atoms with E-state index < -0.39 is 27.3 Å². The van der Waals surface area contributed by atoms with E-state index in [1.54, 1.807) is 0 Å². The van der Waals surface area contributed by atoms with Gasteiger partial charge < -0.3 is 15.2 Å². The van der Waals surface area contributed by atoms with Crippen LogP contribution in [0, 0.1) is 37.4 Å². The van der Waals surface area contributed by atoms with E-state index in [0.717, 1.165) is 12.1 Å². The van der Waals surface area contributed by atoms with Crippen LogP contribution in [0.2, 0.25) is 0 Å². The highest BCUT2D eigenvalue weighted by Gasteiger charge is 2.43. The van der Waals surface area contributed by atoms with Crippen LogP contribution in [0.4, 0.5) is 21.5 Å². The summed E-state index contributed by atoms with van der Waals surface area (Å²) in [5.74, 6) is -2.40. The fourth-order valence-electron chi connectivity index (χ4n) is 4.81. The van der Waals surface area contributed by atoms with E-state index in [1.165, 1.54) is 23.1 Å². The third kappa shape index (κ3) is 3.38. The SMILES string of the molecule is N#CC1=C(N)N(c2ccc(F)c([N+](=O)[O-])c2)C2=C(C(=O)CCC2)[C@@H]1c1cc2c(cc1[N+](=O)[O-])OCO2. The number of halogens is 1. The van der Waals surface area contributed by atoms with Crippen molar-refractivity contribution in [2.45, 2.75) is 25.2 Å². The van der Waals surface area contributed by atoms with Crippen LogP contribution in [0.25, 0.3) is 0 Å². The van der Waals surface area contributed by atoms with Gasteiger partial charge >= 0.3 is 5.69 Å². The predicted octanol–water partition coefficient (Wildman–Crippen LogP) is 3.68. The molecule has 1 aliphatic carbocycles. The Hall–Kier alpha value is -4.99. The Morgan fingerprint density at radius 3 is 2.44 bits per heavy atom. The molecule has 2 heterocycles. The van der Waals surface area contributed by atoms with Gasteiger partial charge in [-0.3, -0.25) is 29.9 Å². The number of ether oxygens (including phenoxy) is 2. The summed E-state index contributed by atoms with van der Waals surface area (Å²) < 4.78 is 24.6. The summed E-state index contributed by atoms with van der Waals surface area (Å²) >= 11 is 0. The normalized spacial score (nSPS) is 18.7. The average molecular weight is 493 g/mol. The zero-order chi connectivity index (χ0) is 25.7. The number of benzene rings is 2. The van der Waals surface area contributed by atoms with E-state index in [4.69, 9.17) is 15.2 Å². The molecule has 0 bridgehead atoms. The summed E-state index contributed by atoms with van der Waals surface area (Å²) in [6, 6.07) is 7.60. The number of rotatable bonds is 4. The Balaban J connectivity index is 1.78. The van der Waals surface area contributed by atoms with Crippen molar-refractivity contribution in [3.63, 3.8) is 0 Å². The molecule has 5 rings (SSSR count). The number of fused-ring (bicyclic) bond motifs is 1. The topological polar surface area (TPSA) is 175 Å². The highest BCUT2D eigenvalue weighted by Crippen LogP contribution is 2.50. The fourth-order valence-corrected chi connectivity index (χ4v) is 4.81. The monoisotopic (exact) mass is 493 g/mol. The van der Waals surface area contributed by atoms with Crippen LogP contribution >= 0.6 is 0 Å². The van der Waals surface area contributed by atoms with E-state index in [-0.39, 0.29) is 64.4 Å². The summed E-state index contributed by atoms with van der Waals surface area (Å²) in [7, 11) is 0. The molecule has 12 nitrogen and oxygen atoms in total. The van der Waals surface area contributed by atoms with Crippen LogP contribution in [0.1, 0.15) is 30.7 Å². The zero-order valence-electron chi connectivity index (χ0n) is 18.4. The summed E-state index contributed by atoms with van der Waals surface area (Å²) in [6.07, 6.45) is 0.840. The van der Waals surface area contributed by atoms with Gasteiger partial charge in [-0.2, -0.15) is 9.65 Å². The first-order valence-electron chi connectivity index (χ1n) is 10.7. The molecule has 0 aromatic heterocycles. The zero-order valence-corrected chi connectivity index (χ0v) is 18.4. The lowest BCUT2D eigenvalue weighted by Crippen LogP contribution is -2.38. The minimum atomic E-state index is -1.18. The lowest BCUT2D eigenvalue weighted by atomic mass is 9.75. The quantitative estimate of drug-likeness (QED) is 0.488. The molecule has 0 amide bonds. The first-order chi connectivity index (χ1) is 17.2. The van der Waals surface area contributed by atoms with Crippen molar-refractivity contribution in [3.05, 3.63) is 84.6 Å². The van der Waals surface area contributed by atoms with Crippen molar-refractivity contribution in [2.75, 3.05) is 11.7 Å². The van der Waals surface area contributed by atoms with Crippen molar-refractivity contribution in [1.82, 2.24) is 0 Å². The van der Waals surface area contributed by atoms with Crippen molar-refractivity contribution < 1.29 is 28.5 Å². The molecule has 2 aliphatic heterocycles. The lowest BCUT2D eigenvalue weighted by Gasteiger charge is -2.39. The average Bonchev–Trinajstić information content (AvgIpc) is 3.31. The van der Waals surface area contributed by atoms with Gasteiger partial charge in [0, 0.05) is 29.3 Å². The molecule has 0 unspecified atom stereocenters. The summed E-state index contributed by atoms with van der Waals surface area (Å²) in [5, 5.41) is 33.4. The fraction of sp³-hybridized carbons (Fsp3) is 0.217. The molecule has 0 saturated heterocycles. The second-order valence-electron chi connectivity index (χ2n) is 8.23. The number of nitrogens with zero attached hydrogens (tertiary/aromatic N) is 4. The first-order valence-corrected chi connectivity index (χ1v) is 10.7. The Morgan fingerprint density at radius 2 is 1.78 bits per heavy atom. The Labute approximate surface area is 201 Å². The Kier molecular flexibility index (Phi) is 5.28. The third-order valence-electron chi connectivity index (χ3n) is 6.33. The van der Waals surface area contributed by atoms with Crippen molar-refractivity contribution >= 4 is 22.8 Å². The van der Waals surface area contributed by atoms with Crippen LogP contribution in [-0.2, 0) is 4.79 Å². The van der Waals surface area contributed by atoms with E-state index in [2.05, 4.69) is 0 Å². The number of nitro groups is 2. The number of nitriles is 1. The molecule has 0 spiro atoms. The number of carbonyl (C=O) groups is 1. The number of nitrogens with two attached hydrogens (primary N) is 1. The van der Waals surface area contributed by atoms with E-state index in [9.17, 15) is 34.7 Å². The minimum Gasteiger partial charge on any atom is -0.454 e. The van der Waals surface area contributed by atoms with Crippen LogP contribution in [-0.4, -0.2) is 22.4 Å². The molecule has 36 heavy (non-hydrogen) atoms. The van der Waals surface area contributed by atoms with Gasteiger partial charge in [-0.05, 0) is 31.0 Å². The lowest BCUT2D eigenvalue weighted by molar-refractivity contribution is -0.387. The van der Waals surface area contributed by atoms with Gasteiger partial charge in [-0.25, -0.2) is 0 Å². The van der Waals surface area contributed by atoms with Crippen molar-refractivity contribution in [3.8, 4) is 17.6 Å². The number of carbonyl (C=O) groups excluding carboxylic acids is 1. The molecule has 0 radical (unpaired) electrons. The molecule has 1 atom stereocenters. The highest BCUT2D eigenvalue weighted by molar-refractivity contribution is 6.01. The van der Waals surface area contributed by atoms with Gasteiger partial charge in [0.1, 0.15) is 5.82 Å². The number of ketones is 1. The van der Waals surface area contributed by atoms with Gasteiger partial charge in [0.15, 0.2) is 17.3 Å². The molecule has 2 N–H and O–H groups in total. The first kappa shape index (κ1) is 22.8. The standard InChI is InChI=1S/C23H16FN5O7/c24-14-5-4-11(6-17(14)29(33)34)27-15-2-1-3-18(30)22(15)21(13(9-25)23(27)26)12-7-19-20(36-10-35-19)8-16(12)28(31)32/h4-8,21H,1-3,10,26H2/t21-/m1/s1. The van der Waals surface area contributed by atoms with Gasteiger partial charge in [0.25, 0.3) is 5.69 Å². The summed E-state index contributed by atoms with van der Waals surface area (Å²) in [6.45, 7) is -0.145. The Bertz CT molecular complexity index is 1480. The molecule has 182 valence electrons. The number of anilines is 1. The van der Waals surface area contributed by atoms with E-state index >= 15 is 0 Å². The van der Waals surface area contributed by atoms with Gasteiger partial charge in [0.05, 0.1) is 39.2 Å². The molecule has 2 aromatic carbocycles. The number of allylic oxidation sites excluding steroid dienone is 3. The van der Waals surface area contributed by atoms with Gasteiger partial charge in [-0.1, -0.05) is 0 Å². The molecule has 0 fully saturated rings. The molecule has 2 aromatic rings. The third-order valence-corrected chi connectivity index (χ3v) is 6.33. The molecule has 3 aliphatic rings. The highest BCUT2D eigenvalue weighted by atomic mass is 19.1. The minimum absolute atomic E-state index is 0.0243. The second-order valence-corrected chi connectivity index (χ2v) is 8.23. The van der Waals surface area contributed by atoms with Crippen molar-refractivity contribution in [2.24, 2.45) is 5.73 Å². The van der Waals surface area contributed by atoms with Gasteiger partial charge in [0.2, 0.25) is 12.6 Å². The predicted molar refractivity (Wildman–Crippen MR) is 120 cm³/mol. The second kappa shape index (κ2) is 8.35. The van der Waals surface area contributed by atoms with Crippen LogP contribution in [0.15, 0.2) is 53.0 Å². The van der Waals surface area contributed by atoms with Crippen LogP contribution in [0.5, 0.6) is 11.5 Å². The van der Waals surface area contributed by atoms with Crippen LogP contribution in [0.3, 0.4) is 0 Å². The maximum absolute atomic E-state index is 14.0. The summed E-state index contributed by atoms with van der Waals surface area (Å²) in [5.41, 5.74) is 5.58. The van der Waals surface area contributed by atoms with Crippen molar-refractivity contribution in [1.29, 1.82) is 5.26 Å². The number of Topliss-reactive ketones (excluding diaryl/α,β-unsaturated/α-hetero) is 1. The maximum atomic E-state index is 14.0. The van der Waals surface area contributed by atoms with E-state index in [1.807, 2.05) is 6.07 Å². The smallest absolute Gasteiger partial charge is 0.306 e. The molecular weight excluding hydrogens is 477 g/mol. The molecule has 0 saturated carbocycles. The Morgan fingerprint density at radius 1 is 1.08 bits per heavy atom. The van der Waals surface area contributed by atoms with Crippen LogP contribution < -0.4 is 20.1 Å². The van der Waals surface area contributed by atoms with E-state index in [0.29, 0.717) is 18.5 Å². The molecular formula is C23H16FN5O7. The number of nitro benzene ring substituents is 2. The number of hydrogen-bond donors (Lipinski definition) is 1. The van der Waals surface area contributed by atoms with Gasteiger partial charge in [-0.15, -0.1) is 0 Å². The number of hydrogen-bond acceptors (Lipinski definition) is 10. The largest absolute Gasteiger partial charge is 0.454 e. The summed E-state index contributed by atoms with van der Waals surface area (Å²) in [4.78, 5) is 36.3.